The normalized spacial score (nSPS) is 15.5. The maximum Gasteiger partial charge on any atom is 0.243 e. The largest absolute Gasteiger partial charge is 0.351 e. The highest BCUT2D eigenvalue weighted by Crippen LogP contribution is 2.21. The quantitative estimate of drug-likeness (QED) is 0.555. The lowest BCUT2D eigenvalue weighted by Gasteiger charge is -2.25. The number of nitrogens with zero attached hydrogens (tertiary/aromatic N) is 2. The van der Waals surface area contributed by atoms with E-state index in [2.05, 4.69) is 5.32 Å². The van der Waals surface area contributed by atoms with E-state index in [1.807, 2.05) is 0 Å². The number of likely N-dealkylation sites (N-methyl/N-ethyl adjacent to an activating group) is 1. The van der Waals surface area contributed by atoms with Gasteiger partial charge in [0.05, 0.1) is 16.3 Å². The third-order valence-electron chi connectivity index (χ3n) is 5.49. The van der Waals surface area contributed by atoms with Crippen molar-refractivity contribution in [2.24, 2.45) is 0 Å². The van der Waals surface area contributed by atoms with E-state index in [1.165, 1.54) is 40.7 Å². The number of carbonyl (C=O) groups excluding carboxylic acids is 1. The molecule has 0 bridgehead atoms. The Morgan fingerprint density at radius 2 is 1.52 bits per heavy atom. The average Bonchev–Trinajstić information content (AvgIpc) is 2.82. The Kier molecular flexibility index (Phi) is 8.52. The predicted molar refractivity (Wildman–Crippen MR) is 127 cm³/mol. The van der Waals surface area contributed by atoms with E-state index < -0.39 is 26.0 Å². The van der Waals surface area contributed by atoms with Gasteiger partial charge in [0.25, 0.3) is 0 Å². The fourth-order valence-electron chi connectivity index (χ4n) is 3.57. The van der Waals surface area contributed by atoms with Crippen molar-refractivity contribution in [2.75, 3.05) is 26.2 Å². The van der Waals surface area contributed by atoms with E-state index in [0.29, 0.717) is 23.7 Å². The van der Waals surface area contributed by atoms with Gasteiger partial charge in [-0.3, -0.25) is 4.79 Å². The molecule has 0 atom stereocenters. The van der Waals surface area contributed by atoms with Gasteiger partial charge >= 0.3 is 0 Å². The molecule has 180 valence electrons. The van der Waals surface area contributed by atoms with Crippen molar-refractivity contribution in [2.45, 2.75) is 42.5 Å². The maximum absolute atomic E-state index is 12.8. The van der Waals surface area contributed by atoms with Gasteiger partial charge in [-0.05, 0) is 54.8 Å². The van der Waals surface area contributed by atoms with Crippen LogP contribution >= 0.6 is 11.6 Å². The van der Waals surface area contributed by atoms with Crippen molar-refractivity contribution in [3.63, 3.8) is 0 Å². The van der Waals surface area contributed by atoms with Crippen LogP contribution in [0.5, 0.6) is 0 Å². The summed E-state index contributed by atoms with van der Waals surface area (Å²) >= 11 is 5.82. The molecule has 1 N–H and O–H groups in total. The molecule has 2 aromatic rings. The molecule has 11 heteroatoms. The Bertz CT molecular complexity index is 1160. The lowest BCUT2D eigenvalue weighted by atomic mass is 10.2. The van der Waals surface area contributed by atoms with Gasteiger partial charge in [0, 0.05) is 31.2 Å². The number of hydrogen-bond donors (Lipinski definition) is 1. The predicted octanol–water partition coefficient (Wildman–Crippen LogP) is 2.84. The van der Waals surface area contributed by atoms with E-state index in [0.717, 1.165) is 23.6 Å². The molecule has 1 aliphatic rings. The second-order valence-electron chi connectivity index (χ2n) is 7.77. The zero-order valence-corrected chi connectivity index (χ0v) is 20.8. The van der Waals surface area contributed by atoms with Gasteiger partial charge < -0.3 is 5.32 Å². The number of amides is 1. The number of rotatable bonds is 9. The Morgan fingerprint density at radius 3 is 2.09 bits per heavy atom. The van der Waals surface area contributed by atoms with E-state index in [-0.39, 0.29) is 29.4 Å². The highest BCUT2D eigenvalue weighted by molar-refractivity contribution is 7.89. The van der Waals surface area contributed by atoms with E-state index >= 15 is 0 Å². The van der Waals surface area contributed by atoms with Crippen LogP contribution in [-0.2, 0) is 31.4 Å². The topological polar surface area (TPSA) is 104 Å². The van der Waals surface area contributed by atoms with Crippen molar-refractivity contribution in [3.8, 4) is 0 Å². The van der Waals surface area contributed by atoms with Crippen LogP contribution in [-0.4, -0.2) is 57.5 Å². The van der Waals surface area contributed by atoms with Crippen molar-refractivity contribution >= 4 is 37.6 Å². The summed E-state index contributed by atoms with van der Waals surface area (Å²) in [6, 6.07) is 12.1. The molecule has 0 radical (unpaired) electrons. The molecule has 0 unspecified atom stereocenters. The number of carbonyl (C=O) groups is 1. The number of nitrogens with one attached hydrogen (secondary N) is 1. The Balaban J connectivity index is 1.59. The van der Waals surface area contributed by atoms with Crippen molar-refractivity contribution < 1.29 is 21.6 Å². The van der Waals surface area contributed by atoms with Crippen LogP contribution in [0.3, 0.4) is 0 Å². The van der Waals surface area contributed by atoms with E-state index in [9.17, 15) is 21.6 Å². The molecular formula is C22H28ClN3O5S2. The minimum absolute atomic E-state index is 0.0621. The minimum atomic E-state index is -3.84. The Morgan fingerprint density at radius 1 is 0.939 bits per heavy atom. The van der Waals surface area contributed by atoms with Gasteiger partial charge in [0.2, 0.25) is 26.0 Å². The lowest BCUT2D eigenvalue weighted by molar-refractivity contribution is -0.121. The molecule has 1 saturated heterocycles. The molecular weight excluding hydrogens is 486 g/mol. The fourth-order valence-corrected chi connectivity index (χ4v) is 6.62. The smallest absolute Gasteiger partial charge is 0.243 e. The SMILES string of the molecule is CCN(CC(=O)NCc1ccc(S(=O)(=O)N2CCCCC2)cc1)S(=O)(=O)c1ccc(Cl)cc1. The lowest BCUT2D eigenvalue weighted by Crippen LogP contribution is -2.40. The second-order valence-corrected chi connectivity index (χ2v) is 12.1. The molecule has 0 saturated carbocycles. The number of hydrogen-bond acceptors (Lipinski definition) is 5. The molecule has 2 aromatic carbocycles. The monoisotopic (exact) mass is 513 g/mol. The Hall–Kier alpha value is -1.98. The molecule has 8 nitrogen and oxygen atoms in total. The van der Waals surface area contributed by atoms with Gasteiger partial charge in [-0.2, -0.15) is 8.61 Å². The summed E-state index contributed by atoms with van der Waals surface area (Å²) in [4.78, 5) is 12.7. The summed E-state index contributed by atoms with van der Waals surface area (Å²) in [5.74, 6) is -0.459. The van der Waals surface area contributed by atoms with Crippen LogP contribution in [0.25, 0.3) is 0 Å². The summed E-state index contributed by atoms with van der Waals surface area (Å²) < 4.78 is 53.6. The van der Waals surface area contributed by atoms with Gasteiger partial charge in [-0.25, -0.2) is 16.8 Å². The van der Waals surface area contributed by atoms with Gasteiger partial charge in [-0.1, -0.05) is 37.1 Å². The van der Waals surface area contributed by atoms with E-state index in [1.54, 1.807) is 19.1 Å². The minimum Gasteiger partial charge on any atom is -0.351 e. The molecule has 1 aliphatic heterocycles. The van der Waals surface area contributed by atoms with E-state index in [4.69, 9.17) is 11.6 Å². The highest BCUT2D eigenvalue weighted by atomic mass is 35.5. The highest BCUT2D eigenvalue weighted by Gasteiger charge is 2.26. The first-order chi connectivity index (χ1) is 15.6. The first-order valence-corrected chi connectivity index (χ1v) is 14.0. The van der Waals surface area contributed by atoms with Gasteiger partial charge in [0.15, 0.2) is 0 Å². The molecule has 0 aliphatic carbocycles. The summed E-state index contributed by atoms with van der Waals surface area (Å²) in [6.07, 6.45) is 2.78. The average molecular weight is 514 g/mol. The maximum atomic E-state index is 12.8. The number of halogens is 1. The zero-order valence-electron chi connectivity index (χ0n) is 18.4. The molecule has 0 aromatic heterocycles. The van der Waals surface area contributed by atoms with Crippen molar-refractivity contribution in [3.05, 3.63) is 59.1 Å². The van der Waals surface area contributed by atoms with Crippen LogP contribution in [0.1, 0.15) is 31.7 Å². The fraction of sp³-hybridized carbons (Fsp3) is 0.409. The first kappa shape index (κ1) is 25.6. The first-order valence-electron chi connectivity index (χ1n) is 10.8. The molecule has 1 amide bonds. The third-order valence-corrected chi connectivity index (χ3v) is 9.59. The zero-order chi connectivity index (χ0) is 24.1. The van der Waals surface area contributed by atoms with Crippen LogP contribution in [0.2, 0.25) is 5.02 Å². The third kappa shape index (κ3) is 6.33. The molecule has 0 spiro atoms. The standard InChI is InChI=1S/C22H28ClN3O5S2/c1-2-25(32(28,29)21-12-8-19(23)9-13-21)17-22(27)24-16-18-6-10-20(11-7-18)33(30,31)26-14-4-3-5-15-26/h6-13H,2-5,14-17H2,1H3,(H,24,27). The number of benzene rings is 2. The van der Waals surface area contributed by atoms with Crippen molar-refractivity contribution in [1.82, 2.24) is 13.9 Å². The summed E-state index contributed by atoms with van der Waals surface area (Å²) in [7, 11) is -7.35. The summed E-state index contributed by atoms with van der Waals surface area (Å²) in [6.45, 7) is 2.67. The molecule has 33 heavy (non-hydrogen) atoms. The van der Waals surface area contributed by atoms with Gasteiger partial charge in [0.1, 0.15) is 0 Å². The van der Waals surface area contributed by atoms with Crippen LogP contribution < -0.4 is 5.32 Å². The summed E-state index contributed by atoms with van der Waals surface area (Å²) in [5.41, 5.74) is 0.713. The number of sulfonamides is 2. The second kappa shape index (κ2) is 11.0. The molecule has 1 heterocycles. The van der Waals surface area contributed by atoms with Crippen LogP contribution in [0, 0.1) is 0 Å². The van der Waals surface area contributed by atoms with Crippen molar-refractivity contribution in [1.29, 1.82) is 0 Å². The van der Waals surface area contributed by atoms with Crippen LogP contribution in [0.15, 0.2) is 58.3 Å². The molecule has 1 fully saturated rings. The summed E-state index contributed by atoms with van der Waals surface area (Å²) in [5, 5.41) is 3.11. The molecule has 3 rings (SSSR count). The van der Waals surface area contributed by atoms with Crippen LogP contribution in [0.4, 0.5) is 0 Å². The Labute approximate surface area is 200 Å². The number of piperidine rings is 1. The van der Waals surface area contributed by atoms with Gasteiger partial charge in [-0.15, -0.1) is 0 Å².